The van der Waals surface area contributed by atoms with Crippen LogP contribution in [0, 0.1) is 6.04 Å². The van der Waals surface area contributed by atoms with Crippen molar-refractivity contribution in [3.8, 4) is 0 Å². The van der Waals surface area contributed by atoms with Gasteiger partial charge in [-0.15, -0.1) is 0 Å². The van der Waals surface area contributed by atoms with Gasteiger partial charge >= 0.3 is 0 Å². The number of hydrogen-bond donors (Lipinski definition) is 0. The molecule has 0 rings (SSSR count). The van der Waals surface area contributed by atoms with Crippen molar-refractivity contribution < 1.29 is 4.79 Å². The van der Waals surface area contributed by atoms with E-state index >= 15 is 0 Å². The van der Waals surface area contributed by atoms with Gasteiger partial charge in [-0.25, -0.2) is 0 Å². The Morgan fingerprint density at radius 2 is 2.20 bits per heavy atom. The average molecular weight is 87.2 g/mol. The Kier molecular flexibility index (Phi) is 2.10. The second-order valence-electron chi connectivity index (χ2n) is 0.899. The maximum atomic E-state index is 9.79. The van der Waals surface area contributed by atoms with Crippen molar-refractivity contribution in [2.75, 3.05) is 0 Å². The monoisotopic (exact) mass is 87.0 g/mol. The van der Waals surface area contributed by atoms with Crippen molar-refractivity contribution in [1.82, 2.24) is 0 Å². The number of carbonyl (C=O) groups excluding carboxylic acids is 1. The Hall–Kier alpha value is -0.113. The van der Waals surface area contributed by atoms with Crippen LogP contribution in [0.1, 0.15) is 6.92 Å². The molecule has 5 heavy (non-hydrogen) atoms. The minimum absolute atomic E-state index is 0.191. The fourth-order valence-electron chi connectivity index (χ4n) is 0. The van der Waals surface area contributed by atoms with Crippen LogP contribution in [0.15, 0.2) is 0 Å². The van der Waals surface area contributed by atoms with Crippen LogP contribution in [0.2, 0.25) is 0 Å². The topological polar surface area (TPSA) is 17.1 Å². The molecule has 0 unspecified atom stereocenters. The van der Waals surface area contributed by atoms with Crippen LogP contribution in [0.3, 0.4) is 0 Å². The lowest BCUT2D eigenvalue weighted by atomic mass is 10.5. The van der Waals surface area contributed by atoms with Crippen molar-refractivity contribution in [2.24, 2.45) is 0 Å². The molecule has 0 spiro atoms. The van der Waals surface area contributed by atoms with Gasteiger partial charge < -0.3 is 4.79 Å². The van der Waals surface area contributed by atoms with Crippen molar-refractivity contribution >= 4 is 16.0 Å². The molecule has 0 aliphatic carbocycles. The van der Waals surface area contributed by atoms with Gasteiger partial charge in [0.2, 0.25) is 0 Å². The first-order valence-corrected chi connectivity index (χ1v) is 2.72. The van der Waals surface area contributed by atoms with Gasteiger partial charge in [0.25, 0.3) is 0 Å². The van der Waals surface area contributed by atoms with Gasteiger partial charge in [0.05, 0.1) is 0 Å². The summed E-state index contributed by atoms with van der Waals surface area (Å²) in [6.07, 6.45) is 0. The summed E-state index contributed by atoms with van der Waals surface area (Å²) in [5.74, 6) is 0.191. The van der Waals surface area contributed by atoms with E-state index in [0.29, 0.717) is 0 Å². The number of carbonyl (C=O) groups is 1. The van der Waals surface area contributed by atoms with Gasteiger partial charge in [-0.2, -0.15) is 0 Å². The summed E-state index contributed by atoms with van der Waals surface area (Å²) in [6.45, 7) is 1.56. The third-order valence-electron chi connectivity index (χ3n) is 0.407. The van der Waals surface area contributed by atoms with E-state index in [2.05, 4.69) is 0 Å². The Morgan fingerprint density at radius 1 is 2.00 bits per heavy atom. The fraction of sp³-hybridized carbons (Fsp3) is 0.333. The lowest BCUT2D eigenvalue weighted by molar-refractivity contribution is -0.113. The first-order chi connectivity index (χ1) is 2.27. The van der Waals surface area contributed by atoms with Gasteiger partial charge in [-0.1, -0.05) is 0 Å². The molecule has 0 N–H and O–H groups in total. The Labute approximate surface area is 34.8 Å². The third-order valence-corrected chi connectivity index (χ3v) is 1.22. The molecule has 2 heteroatoms. The molecule has 0 saturated carbocycles. The lowest BCUT2D eigenvalue weighted by Crippen LogP contribution is -1.86. The summed E-state index contributed by atoms with van der Waals surface area (Å²) in [4.78, 5) is 9.79. The van der Waals surface area contributed by atoms with Gasteiger partial charge in [-0.3, -0.25) is 0 Å². The minimum atomic E-state index is 0.191. The number of hydrogen-bond acceptors (Lipinski definition) is 1. The highest BCUT2D eigenvalue weighted by Crippen LogP contribution is 1.63. The van der Waals surface area contributed by atoms with Crippen molar-refractivity contribution in [3.63, 3.8) is 0 Å². The second kappa shape index (κ2) is 2.14. The summed E-state index contributed by atoms with van der Waals surface area (Å²) < 4.78 is 0. The fourth-order valence-corrected chi connectivity index (χ4v) is 0. The lowest BCUT2D eigenvalue weighted by Gasteiger charge is -1.70. The van der Waals surface area contributed by atoms with Crippen LogP contribution in [0.25, 0.3) is 0 Å². The molecule has 0 aliphatic heterocycles. The molecule has 1 radical (unpaired) electrons. The summed E-state index contributed by atoms with van der Waals surface area (Å²) in [5.41, 5.74) is 0. The largest absolute Gasteiger partial charge is 0.300 e. The zero-order chi connectivity index (χ0) is 4.28. The summed E-state index contributed by atoms with van der Waals surface area (Å²) in [5, 5.41) is 0. The minimum Gasteiger partial charge on any atom is -0.300 e. The standard InChI is InChI=1S/C3H7OSi/c1-3(4)2-5/h2H,1,5H3. The molecule has 0 aromatic rings. The maximum absolute atomic E-state index is 9.79. The molecule has 29 valence electrons. The first kappa shape index (κ1) is 4.89. The van der Waals surface area contributed by atoms with Gasteiger partial charge in [0.1, 0.15) is 5.78 Å². The number of ketones is 1. The van der Waals surface area contributed by atoms with E-state index < -0.39 is 0 Å². The molecule has 0 bridgehead atoms. The van der Waals surface area contributed by atoms with Crippen LogP contribution in [0.4, 0.5) is 0 Å². The van der Waals surface area contributed by atoms with E-state index in [1.807, 2.05) is 0 Å². The highest BCUT2D eigenvalue weighted by atomic mass is 28.1. The highest BCUT2D eigenvalue weighted by molar-refractivity contribution is 6.27. The molecule has 0 atom stereocenters. The number of Topliss-reactive ketones (excluding diaryl/α,β-unsaturated/α-hetero) is 1. The quantitative estimate of drug-likeness (QED) is 0.379. The average Bonchev–Trinajstić information content (AvgIpc) is 1.38. The predicted octanol–water partition coefficient (Wildman–Crippen LogP) is -0.897. The SMILES string of the molecule is CC(=O)[CH][SiH3]. The normalized spacial score (nSPS) is 8.20. The molecule has 0 heterocycles. The van der Waals surface area contributed by atoms with Crippen molar-refractivity contribution in [1.29, 1.82) is 0 Å². The molecule has 0 saturated heterocycles. The predicted molar refractivity (Wildman–Crippen MR) is 24.9 cm³/mol. The van der Waals surface area contributed by atoms with Crippen molar-refractivity contribution in [3.05, 3.63) is 6.04 Å². The molecular weight excluding hydrogens is 80.1 g/mol. The summed E-state index contributed by atoms with van der Waals surface area (Å²) in [7, 11) is 0.899. The van der Waals surface area contributed by atoms with E-state index in [9.17, 15) is 4.79 Å². The van der Waals surface area contributed by atoms with Crippen LogP contribution in [-0.2, 0) is 4.79 Å². The Bertz CT molecular complexity index is 42.2. The van der Waals surface area contributed by atoms with E-state index in [-0.39, 0.29) is 5.78 Å². The van der Waals surface area contributed by atoms with Crippen LogP contribution in [-0.4, -0.2) is 16.0 Å². The molecular formula is C3H7OSi. The van der Waals surface area contributed by atoms with Gasteiger partial charge in [0.15, 0.2) is 0 Å². The van der Waals surface area contributed by atoms with E-state index in [4.69, 9.17) is 0 Å². The second-order valence-corrected chi connectivity index (χ2v) is 1.48. The maximum Gasteiger partial charge on any atom is 0.129 e. The number of rotatable bonds is 1. The highest BCUT2D eigenvalue weighted by Gasteiger charge is 1.77. The zero-order valence-electron chi connectivity index (χ0n) is 3.49. The summed E-state index contributed by atoms with van der Waals surface area (Å²) >= 11 is 0. The van der Waals surface area contributed by atoms with E-state index in [1.165, 1.54) is 0 Å². The van der Waals surface area contributed by atoms with E-state index in [0.717, 1.165) is 10.2 Å². The van der Waals surface area contributed by atoms with Crippen LogP contribution >= 0.6 is 0 Å². The molecule has 0 amide bonds. The van der Waals surface area contributed by atoms with Crippen molar-refractivity contribution in [2.45, 2.75) is 6.92 Å². The van der Waals surface area contributed by atoms with Gasteiger partial charge in [-0.05, 0) is 6.92 Å². The zero-order valence-corrected chi connectivity index (χ0v) is 5.49. The smallest absolute Gasteiger partial charge is 0.129 e. The van der Waals surface area contributed by atoms with E-state index in [1.54, 1.807) is 13.0 Å². The summed E-state index contributed by atoms with van der Waals surface area (Å²) in [6, 6.07) is 1.67. The molecule has 0 aromatic carbocycles. The molecule has 1 nitrogen and oxygen atoms in total. The Balaban J connectivity index is 2.85. The molecule has 0 fully saturated rings. The van der Waals surface area contributed by atoms with Crippen LogP contribution in [0.5, 0.6) is 0 Å². The van der Waals surface area contributed by atoms with Crippen LogP contribution < -0.4 is 0 Å². The van der Waals surface area contributed by atoms with Gasteiger partial charge in [0, 0.05) is 16.3 Å². The Morgan fingerprint density at radius 3 is 2.20 bits per heavy atom. The molecule has 0 aromatic heterocycles. The third kappa shape index (κ3) is 3.89. The molecule has 0 aliphatic rings. The first-order valence-electron chi connectivity index (χ1n) is 1.57.